The predicted octanol–water partition coefficient (Wildman–Crippen LogP) is 2.64. The maximum Gasteiger partial charge on any atom is 0.264 e. The average Bonchev–Trinajstić information content (AvgIpc) is 2.03. The molecule has 0 aliphatic carbocycles. The summed E-state index contributed by atoms with van der Waals surface area (Å²) in [6, 6.07) is 3.09. The van der Waals surface area contributed by atoms with Crippen LogP contribution in [0.5, 0.6) is 0 Å². The van der Waals surface area contributed by atoms with Crippen molar-refractivity contribution in [1.82, 2.24) is 0 Å². The summed E-state index contributed by atoms with van der Waals surface area (Å²) in [6.07, 6.45) is -2.59. The van der Waals surface area contributed by atoms with Crippen molar-refractivity contribution in [3.8, 4) is 0 Å². The molecule has 0 heterocycles. The van der Waals surface area contributed by atoms with Gasteiger partial charge in [-0.3, -0.25) is 0 Å². The number of nitrogens with two attached hydrogens (primary N) is 1. The lowest BCUT2D eigenvalue weighted by Gasteiger charge is -2.05. The Kier molecular flexibility index (Phi) is 4.80. The molecule has 0 unspecified atom stereocenters. The second-order valence-corrected chi connectivity index (χ2v) is 2.35. The van der Waals surface area contributed by atoms with Gasteiger partial charge >= 0.3 is 0 Å². The molecule has 0 aliphatic rings. The Hall–Kier alpha value is -0.740. The van der Waals surface area contributed by atoms with Crippen molar-refractivity contribution in [2.24, 2.45) is 5.73 Å². The van der Waals surface area contributed by atoms with Gasteiger partial charge in [-0.15, -0.1) is 12.4 Å². The summed E-state index contributed by atoms with van der Waals surface area (Å²) < 4.78 is 36.8. The van der Waals surface area contributed by atoms with Crippen molar-refractivity contribution in [2.45, 2.75) is 13.0 Å². The fraction of sp³-hybridized carbons (Fsp3) is 0.250. The molecule has 0 saturated carbocycles. The summed E-state index contributed by atoms with van der Waals surface area (Å²) in [6.45, 7) is -0.0720. The first-order valence-corrected chi connectivity index (χ1v) is 3.41. The van der Waals surface area contributed by atoms with Crippen LogP contribution in [0, 0.1) is 5.82 Å². The van der Waals surface area contributed by atoms with Gasteiger partial charge in [0.15, 0.2) is 0 Å². The maximum absolute atomic E-state index is 12.5. The zero-order valence-electron chi connectivity index (χ0n) is 6.64. The van der Waals surface area contributed by atoms with Gasteiger partial charge in [-0.25, -0.2) is 13.2 Å². The maximum atomic E-state index is 12.5. The van der Waals surface area contributed by atoms with Crippen LogP contribution in [-0.2, 0) is 6.54 Å². The highest BCUT2D eigenvalue weighted by molar-refractivity contribution is 5.85. The van der Waals surface area contributed by atoms with E-state index in [1.807, 2.05) is 0 Å². The Balaban J connectivity index is 0.00000144. The SMILES string of the molecule is Cl.NCc1cc(F)ccc1C(F)F. The largest absolute Gasteiger partial charge is 0.326 e. The molecule has 13 heavy (non-hydrogen) atoms. The predicted molar refractivity (Wildman–Crippen MR) is 46.5 cm³/mol. The normalized spacial score (nSPS) is 9.92. The Morgan fingerprint density at radius 1 is 1.31 bits per heavy atom. The van der Waals surface area contributed by atoms with E-state index in [-0.39, 0.29) is 30.1 Å². The van der Waals surface area contributed by atoms with Gasteiger partial charge in [0.1, 0.15) is 5.82 Å². The van der Waals surface area contributed by atoms with Gasteiger partial charge in [0.25, 0.3) is 6.43 Å². The lowest BCUT2D eigenvalue weighted by molar-refractivity contribution is 0.150. The number of alkyl halides is 2. The Labute approximate surface area is 80.2 Å². The first kappa shape index (κ1) is 12.3. The molecule has 1 rings (SSSR count). The van der Waals surface area contributed by atoms with Crippen LogP contribution < -0.4 is 5.73 Å². The summed E-state index contributed by atoms with van der Waals surface area (Å²) in [5.74, 6) is -0.542. The van der Waals surface area contributed by atoms with Crippen molar-refractivity contribution in [2.75, 3.05) is 0 Å². The molecule has 0 aliphatic heterocycles. The topological polar surface area (TPSA) is 26.0 Å². The van der Waals surface area contributed by atoms with Crippen molar-refractivity contribution in [3.63, 3.8) is 0 Å². The van der Waals surface area contributed by atoms with Crippen LogP contribution >= 0.6 is 12.4 Å². The highest BCUT2D eigenvalue weighted by atomic mass is 35.5. The first-order chi connectivity index (χ1) is 5.65. The lowest BCUT2D eigenvalue weighted by atomic mass is 10.1. The van der Waals surface area contributed by atoms with Crippen molar-refractivity contribution >= 4 is 12.4 Å². The molecule has 0 amide bonds. The van der Waals surface area contributed by atoms with Crippen LogP contribution in [0.4, 0.5) is 13.2 Å². The van der Waals surface area contributed by atoms with Crippen molar-refractivity contribution in [1.29, 1.82) is 0 Å². The van der Waals surface area contributed by atoms with Gasteiger partial charge in [-0.2, -0.15) is 0 Å². The third-order valence-corrected chi connectivity index (χ3v) is 1.56. The Morgan fingerprint density at radius 3 is 2.38 bits per heavy atom. The fourth-order valence-electron chi connectivity index (χ4n) is 0.964. The standard InChI is InChI=1S/C8H8F3N.ClH/c9-6-1-2-7(8(10)11)5(3-6)4-12;/h1-3,8H,4,12H2;1H. The van der Waals surface area contributed by atoms with Crippen molar-refractivity contribution < 1.29 is 13.2 Å². The molecule has 5 heteroatoms. The van der Waals surface area contributed by atoms with Gasteiger partial charge in [0, 0.05) is 12.1 Å². The van der Waals surface area contributed by atoms with E-state index in [4.69, 9.17) is 5.73 Å². The molecule has 0 fully saturated rings. The fourth-order valence-corrected chi connectivity index (χ4v) is 0.964. The molecule has 0 spiro atoms. The van der Waals surface area contributed by atoms with Gasteiger partial charge in [0.2, 0.25) is 0 Å². The van der Waals surface area contributed by atoms with Crippen molar-refractivity contribution in [3.05, 3.63) is 35.1 Å². The molecular formula is C8H9ClF3N. The van der Waals surface area contributed by atoms with Crippen LogP contribution in [0.15, 0.2) is 18.2 Å². The second-order valence-electron chi connectivity index (χ2n) is 2.35. The van der Waals surface area contributed by atoms with Crippen LogP contribution in [0.2, 0.25) is 0 Å². The minimum Gasteiger partial charge on any atom is -0.326 e. The van der Waals surface area contributed by atoms with E-state index in [0.717, 1.165) is 18.2 Å². The second kappa shape index (κ2) is 5.09. The minimum atomic E-state index is -2.59. The highest BCUT2D eigenvalue weighted by Crippen LogP contribution is 2.22. The molecule has 0 radical (unpaired) electrons. The summed E-state index contributed by atoms with van der Waals surface area (Å²) in [7, 11) is 0. The van der Waals surface area contributed by atoms with E-state index in [1.165, 1.54) is 0 Å². The first-order valence-electron chi connectivity index (χ1n) is 3.41. The van der Waals surface area contributed by atoms with Crippen LogP contribution in [-0.4, -0.2) is 0 Å². The molecule has 74 valence electrons. The Bertz CT molecular complexity index is 278. The molecule has 0 bridgehead atoms. The van der Waals surface area contributed by atoms with E-state index in [9.17, 15) is 13.2 Å². The van der Waals surface area contributed by atoms with Gasteiger partial charge in [-0.1, -0.05) is 6.07 Å². The van der Waals surface area contributed by atoms with Crippen LogP contribution in [0.25, 0.3) is 0 Å². The van der Waals surface area contributed by atoms with Gasteiger partial charge in [0.05, 0.1) is 0 Å². The number of benzene rings is 1. The summed E-state index contributed by atoms with van der Waals surface area (Å²) >= 11 is 0. The Morgan fingerprint density at radius 2 is 1.92 bits per heavy atom. The van der Waals surface area contributed by atoms with Crippen LogP contribution in [0.1, 0.15) is 17.6 Å². The number of rotatable bonds is 2. The molecule has 0 saturated heterocycles. The number of hydrogen-bond acceptors (Lipinski definition) is 1. The quantitative estimate of drug-likeness (QED) is 0.800. The van der Waals surface area contributed by atoms with E-state index < -0.39 is 12.2 Å². The minimum absolute atomic E-state index is 0. The zero-order chi connectivity index (χ0) is 9.14. The molecule has 0 atom stereocenters. The average molecular weight is 212 g/mol. The highest BCUT2D eigenvalue weighted by Gasteiger charge is 2.11. The molecular weight excluding hydrogens is 203 g/mol. The summed E-state index contributed by atoms with van der Waals surface area (Å²) in [5, 5.41) is 0. The van der Waals surface area contributed by atoms with E-state index >= 15 is 0 Å². The molecule has 1 aromatic carbocycles. The summed E-state index contributed by atoms with van der Waals surface area (Å²) in [5.41, 5.74) is 5.12. The monoisotopic (exact) mass is 211 g/mol. The third-order valence-electron chi connectivity index (χ3n) is 1.56. The molecule has 1 nitrogen and oxygen atoms in total. The van der Waals surface area contributed by atoms with E-state index in [1.54, 1.807) is 0 Å². The number of halogens is 4. The van der Waals surface area contributed by atoms with Gasteiger partial charge < -0.3 is 5.73 Å². The lowest BCUT2D eigenvalue weighted by Crippen LogP contribution is -2.02. The number of hydrogen-bond donors (Lipinski definition) is 1. The van der Waals surface area contributed by atoms with E-state index in [2.05, 4.69) is 0 Å². The van der Waals surface area contributed by atoms with Gasteiger partial charge in [-0.05, 0) is 17.7 Å². The summed E-state index contributed by atoms with van der Waals surface area (Å²) in [4.78, 5) is 0. The smallest absolute Gasteiger partial charge is 0.264 e. The third kappa shape index (κ3) is 2.90. The molecule has 2 N–H and O–H groups in total. The zero-order valence-corrected chi connectivity index (χ0v) is 7.45. The molecule has 0 aromatic heterocycles. The van der Waals surface area contributed by atoms with Crippen LogP contribution in [0.3, 0.4) is 0 Å². The molecule has 1 aromatic rings. The van der Waals surface area contributed by atoms with E-state index in [0.29, 0.717) is 0 Å².